The summed E-state index contributed by atoms with van der Waals surface area (Å²) in [7, 11) is 0. The average molecular weight is 509 g/mol. The van der Waals surface area contributed by atoms with Gasteiger partial charge in [0.2, 0.25) is 6.79 Å². The lowest BCUT2D eigenvalue weighted by Crippen LogP contribution is -2.27. The van der Waals surface area contributed by atoms with Gasteiger partial charge in [0, 0.05) is 12.7 Å². The molecule has 5 rings (SSSR count). The number of fused-ring (bicyclic) bond motifs is 2. The number of benzene rings is 1. The number of aryl methyl sites for hydroxylation is 1. The molecule has 180 valence electrons. The van der Waals surface area contributed by atoms with Crippen LogP contribution in [0.3, 0.4) is 0 Å². The molecule has 1 fully saturated rings. The molecule has 35 heavy (non-hydrogen) atoms. The second-order valence-corrected chi connectivity index (χ2v) is 10.5. The standard InChI is InChI=1S/C25H24N4O4S2/c1-14(2)10-26-22-17(23(30)28-11-15(3)4-7-21(28)27-22)9-20-24(31)29(25(34)35-20)12-16-5-6-18-19(8-16)33-13-32-18/h4-9,11,14,26H,10,12-13H2,1-3H3/b20-9+. The van der Waals surface area contributed by atoms with Crippen LogP contribution in [0.2, 0.25) is 0 Å². The van der Waals surface area contributed by atoms with Crippen LogP contribution in [-0.2, 0) is 11.3 Å². The summed E-state index contributed by atoms with van der Waals surface area (Å²) in [5.41, 5.74) is 2.43. The van der Waals surface area contributed by atoms with Crippen LogP contribution in [0.15, 0.2) is 46.2 Å². The van der Waals surface area contributed by atoms with E-state index in [0.29, 0.717) is 56.8 Å². The zero-order valence-corrected chi connectivity index (χ0v) is 21.2. The summed E-state index contributed by atoms with van der Waals surface area (Å²) in [6.45, 7) is 7.18. The van der Waals surface area contributed by atoms with Crippen molar-refractivity contribution in [3.05, 3.63) is 68.5 Å². The number of thioether (sulfide) groups is 1. The highest BCUT2D eigenvalue weighted by Crippen LogP contribution is 2.36. The molecule has 2 aliphatic heterocycles. The first-order chi connectivity index (χ1) is 16.8. The molecular weight excluding hydrogens is 484 g/mol. The molecule has 1 N–H and O–H groups in total. The van der Waals surface area contributed by atoms with Gasteiger partial charge in [0.05, 0.1) is 17.0 Å². The zero-order valence-electron chi connectivity index (χ0n) is 19.5. The van der Waals surface area contributed by atoms with Gasteiger partial charge in [-0.2, -0.15) is 0 Å². The minimum absolute atomic E-state index is 0.185. The van der Waals surface area contributed by atoms with Gasteiger partial charge < -0.3 is 14.8 Å². The fraction of sp³-hybridized carbons (Fsp3) is 0.280. The van der Waals surface area contributed by atoms with Crippen molar-refractivity contribution in [1.29, 1.82) is 0 Å². The first kappa shape index (κ1) is 23.4. The molecule has 1 saturated heterocycles. The molecular formula is C25H24N4O4S2. The van der Waals surface area contributed by atoms with E-state index in [9.17, 15) is 9.59 Å². The predicted octanol–water partition coefficient (Wildman–Crippen LogP) is 4.20. The Morgan fingerprint density at radius 3 is 2.80 bits per heavy atom. The lowest BCUT2D eigenvalue weighted by Gasteiger charge is -2.15. The van der Waals surface area contributed by atoms with Crippen LogP contribution >= 0.6 is 24.0 Å². The summed E-state index contributed by atoms with van der Waals surface area (Å²) in [5, 5.41) is 3.27. The smallest absolute Gasteiger partial charge is 0.267 e. The Bertz CT molecular complexity index is 1450. The number of rotatable bonds is 6. The van der Waals surface area contributed by atoms with Gasteiger partial charge in [-0.15, -0.1) is 0 Å². The lowest BCUT2D eigenvalue weighted by molar-refractivity contribution is -0.122. The second kappa shape index (κ2) is 9.35. The van der Waals surface area contributed by atoms with Crippen molar-refractivity contribution in [2.75, 3.05) is 18.7 Å². The zero-order chi connectivity index (χ0) is 24.7. The Morgan fingerprint density at radius 1 is 1.20 bits per heavy atom. The summed E-state index contributed by atoms with van der Waals surface area (Å²) >= 11 is 6.69. The Balaban J connectivity index is 1.50. The number of hydrogen-bond donors (Lipinski definition) is 1. The summed E-state index contributed by atoms with van der Waals surface area (Å²) in [6.07, 6.45) is 3.35. The predicted molar refractivity (Wildman–Crippen MR) is 141 cm³/mol. The molecule has 0 spiro atoms. The number of carbonyl (C=O) groups excluding carboxylic acids is 1. The van der Waals surface area contributed by atoms with Gasteiger partial charge in [-0.1, -0.05) is 50.0 Å². The maximum absolute atomic E-state index is 13.4. The van der Waals surface area contributed by atoms with E-state index in [1.165, 1.54) is 21.1 Å². The van der Waals surface area contributed by atoms with Gasteiger partial charge in [-0.25, -0.2) is 4.98 Å². The first-order valence-corrected chi connectivity index (χ1v) is 12.4. The van der Waals surface area contributed by atoms with Gasteiger partial charge in [0.15, 0.2) is 11.5 Å². The number of ether oxygens (including phenoxy) is 2. The Labute approximate surface area is 211 Å². The molecule has 0 bridgehead atoms. The maximum atomic E-state index is 13.4. The number of anilines is 1. The third-order valence-corrected chi connectivity index (χ3v) is 6.99. The molecule has 2 aliphatic rings. The average Bonchev–Trinajstić information content (AvgIpc) is 3.39. The normalized spacial score (nSPS) is 16.2. The number of aromatic nitrogens is 2. The molecule has 0 saturated carbocycles. The molecule has 1 amide bonds. The summed E-state index contributed by atoms with van der Waals surface area (Å²) in [5.74, 6) is 1.88. The largest absolute Gasteiger partial charge is 0.454 e. The van der Waals surface area contributed by atoms with Gasteiger partial charge in [0.25, 0.3) is 11.5 Å². The van der Waals surface area contributed by atoms with Crippen molar-refractivity contribution in [2.24, 2.45) is 5.92 Å². The van der Waals surface area contributed by atoms with Gasteiger partial charge in [0.1, 0.15) is 15.8 Å². The molecule has 4 heterocycles. The number of nitrogens with one attached hydrogen (secondary N) is 1. The van der Waals surface area contributed by atoms with Crippen molar-refractivity contribution in [1.82, 2.24) is 14.3 Å². The van der Waals surface area contributed by atoms with E-state index in [1.54, 1.807) is 12.3 Å². The molecule has 0 radical (unpaired) electrons. The van der Waals surface area contributed by atoms with Crippen molar-refractivity contribution in [3.8, 4) is 11.5 Å². The van der Waals surface area contributed by atoms with Gasteiger partial charge >= 0.3 is 0 Å². The summed E-state index contributed by atoms with van der Waals surface area (Å²) < 4.78 is 12.7. The van der Waals surface area contributed by atoms with Crippen LogP contribution < -0.4 is 20.3 Å². The van der Waals surface area contributed by atoms with Crippen LogP contribution in [0.4, 0.5) is 5.82 Å². The number of pyridine rings is 1. The molecule has 0 aliphatic carbocycles. The number of hydrogen-bond acceptors (Lipinski definition) is 8. The fourth-order valence-electron chi connectivity index (χ4n) is 3.81. The van der Waals surface area contributed by atoms with E-state index in [4.69, 9.17) is 21.7 Å². The van der Waals surface area contributed by atoms with Crippen molar-refractivity contribution in [2.45, 2.75) is 27.3 Å². The maximum Gasteiger partial charge on any atom is 0.267 e. The lowest BCUT2D eigenvalue weighted by atomic mass is 10.2. The fourth-order valence-corrected chi connectivity index (χ4v) is 5.05. The highest BCUT2D eigenvalue weighted by Gasteiger charge is 2.33. The molecule has 0 unspecified atom stereocenters. The van der Waals surface area contributed by atoms with E-state index in [-0.39, 0.29) is 18.3 Å². The topological polar surface area (TPSA) is 85.2 Å². The van der Waals surface area contributed by atoms with E-state index in [1.807, 2.05) is 37.3 Å². The monoisotopic (exact) mass is 508 g/mol. The van der Waals surface area contributed by atoms with Crippen molar-refractivity contribution >= 4 is 51.7 Å². The van der Waals surface area contributed by atoms with E-state index in [0.717, 1.165) is 11.1 Å². The molecule has 0 atom stereocenters. The minimum Gasteiger partial charge on any atom is -0.454 e. The SMILES string of the molecule is Cc1ccc2nc(NCC(C)C)c(/C=C3/SC(=S)N(Cc4ccc5c(c4)OCO5)C3=O)c(=O)n2c1. The first-order valence-electron chi connectivity index (χ1n) is 11.2. The summed E-state index contributed by atoms with van der Waals surface area (Å²) in [4.78, 5) is 33.3. The minimum atomic E-state index is -0.249. The quantitative estimate of drug-likeness (QED) is 0.392. The third kappa shape index (κ3) is 4.63. The third-order valence-electron chi connectivity index (χ3n) is 5.61. The molecule has 1 aromatic carbocycles. The molecule has 10 heteroatoms. The molecule has 8 nitrogen and oxygen atoms in total. The molecule has 2 aromatic heterocycles. The van der Waals surface area contributed by atoms with Crippen molar-refractivity contribution in [3.63, 3.8) is 0 Å². The Kier molecular flexibility index (Phi) is 6.24. The number of amides is 1. The van der Waals surface area contributed by atoms with Crippen LogP contribution in [-0.4, -0.2) is 37.8 Å². The number of nitrogens with zero attached hydrogens (tertiary/aromatic N) is 3. The second-order valence-electron chi connectivity index (χ2n) is 8.84. The number of carbonyl (C=O) groups is 1. The Hall–Kier alpha value is -3.37. The highest BCUT2D eigenvalue weighted by atomic mass is 32.2. The summed E-state index contributed by atoms with van der Waals surface area (Å²) in [6, 6.07) is 9.27. The number of thiocarbonyl (C=S) groups is 1. The van der Waals surface area contributed by atoms with Gasteiger partial charge in [-0.05, 0) is 48.2 Å². The van der Waals surface area contributed by atoms with Crippen LogP contribution in [0.1, 0.15) is 30.5 Å². The van der Waals surface area contributed by atoms with Crippen LogP contribution in [0, 0.1) is 12.8 Å². The highest BCUT2D eigenvalue weighted by molar-refractivity contribution is 8.26. The van der Waals surface area contributed by atoms with E-state index in [2.05, 4.69) is 24.1 Å². The van der Waals surface area contributed by atoms with Crippen molar-refractivity contribution < 1.29 is 14.3 Å². The van der Waals surface area contributed by atoms with Gasteiger partial charge in [-0.3, -0.25) is 18.9 Å². The molecule has 3 aromatic rings. The van der Waals surface area contributed by atoms with Crippen LogP contribution in [0.5, 0.6) is 11.5 Å². The van der Waals surface area contributed by atoms with Crippen LogP contribution in [0.25, 0.3) is 11.7 Å². The Morgan fingerprint density at radius 2 is 2.00 bits per heavy atom. The van der Waals surface area contributed by atoms with E-state index >= 15 is 0 Å². The van der Waals surface area contributed by atoms with E-state index < -0.39 is 0 Å².